The quantitative estimate of drug-likeness (QED) is 0.551. The molecule has 0 aliphatic heterocycles. The minimum Gasteiger partial charge on any atom is -0.382 e. The molecule has 4 nitrogen and oxygen atoms in total. The lowest BCUT2D eigenvalue weighted by molar-refractivity contribution is 0.162. The van der Waals surface area contributed by atoms with Crippen molar-refractivity contribution in [2.75, 3.05) is 18.5 Å². The Morgan fingerprint density at radius 1 is 1.23 bits per heavy atom. The summed E-state index contributed by atoms with van der Waals surface area (Å²) >= 11 is 3.71. The molecule has 1 N–H and O–H groups in total. The maximum atomic E-state index is 5.46. The molecule has 1 heterocycles. The molecule has 0 spiro atoms. The molecule has 0 amide bonds. The molecule has 6 heteroatoms. The number of halogens is 1. The first-order chi connectivity index (χ1) is 10.7. The van der Waals surface area contributed by atoms with Gasteiger partial charge in [-0.2, -0.15) is 0 Å². The molecular weight excluding hydrogens is 358 g/mol. The second-order valence-electron chi connectivity index (χ2n) is 5.89. The highest BCUT2D eigenvalue weighted by atomic mass is 79.9. The van der Waals surface area contributed by atoms with Gasteiger partial charge in [-0.25, -0.2) is 9.97 Å². The smallest absolute Gasteiger partial charge is 0.222 e. The van der Waals surface area contributed by atoms with E-state index in [2.05, 4.69) is 28.2 Å². The average Bonchev–Trinajstić information content (AvgIpc) is 2.55. The van der Waals surface area contributed by atoms with Gasteiger partial charge in [0, 0.05) is 24.6 Å². The van der Waals surface area contributed by atoms with Crippen LogP contribution in [-0.2, 0) is 11.2 Å². The van der Waals surface area contributed by atoms with E-state index in [1.807, 2.05) is 6.92 Å². The Hall–Kier alpha value is -0.463. The van der Waals surface area contributed by atoms with Crippen molar-refractivity contribution in [3.63, 3.8) is 0 Å². The van der Waals surface area contributed by atoms with Crippen LogP contribution in [0.4, 0.5) is 5.95 Å². The molecule has 2 rings (SSSR count). The van der Waals surface area contributed by atoms with Crippen molar-refractivity contribution in [3.8, 4) is 0 Å². The molecule has 0 unspecified atom stereocenters. The van der Waals surface area contributed by atoms with Gasteiger partial charge >= 0.3 is 0 Å². The number of aryl methyl sites for hydroxylation is 1. The zero-order chi connectivity index (χ0) is 15.8. The van der Waals surface area contributed by atoms with Crippen LogP contribution in [-0.4, -0.2) is 38.7 Å². The predicted molar refractivity (Wildman–Crippen MR) is 99.1 cm³/mol. The molecule has 124 valence electrons. The fourth-order valence-electron chi connectivity index (χ4n) is 2.93. The van der Waals surface area contributed by atoms with Gasteiger partial charge in [0.2, 0.25) is 5.95 Å². The van der Waals surface area contributed by atoms with E-state index in [1.165, 1.54) is 37.4 Å². The molecule has 1 fully saturated rings. The predicted octanol–water partition coefficient (Wildman–Crippen LogP) is 2.80. The highest BCUT2D eigenvalue weighted by Gasteiger charge is 2.16. The van der Waals surface area contributed by atoms with Crippen LogP contribution < -0.4 is 10.6 Å². The van der Waals surface area contributed by atoms with Crippen molar-refractivity contribution in [1.82, 2.24) is 9.97 Å². The van der Waals surface area contributed by atoms with Crippen LogP contribution in [0.25, 0.3) is 0 Å². The number of ether oxygens (including phenoxy) is 1. The summed E-state index contributed by atoms with van der Waals surface area (Å²) < 4.78 is 6.60. The zero-order valence-electron chi connectivity index (χ0n) is 13.8. The number of aromatic nitrogens is 2. The summed E-state index contributed by atoms with van der Waals surface area (Å²) in [6.45, 7) is 5.85. The fourth-order valence-corrected chi connectivity index (χ4v) is 5.35. The van der Waals surface area contributed by atoms with Crippen LogP contribution in [0.1, 0.15) is 51.6 Å². The molecule has 22 heavy (non-hydrogen) atoms. The van der Waals surface area contributed by atoms with Crippen LogP contribution in [0.3, 0.4) is 0 Å². The molecule has 1 aliphatic rings. The Labute approximate surface area is 144 Å². The summed E-state index contributed by atoms with van der Waals surface area (Å²) in [4.78, 5) is 9.52. The van der Waals surface area contributed by atoms with E-state index in [1.54, 1.807) is 0 Å². The van der Waals surface area contributed by atoms with Gasteiger partial charge in [-0.3, -0.25) is 0 Å². The topological polar surface area (TPSA) is 47.0 Å². The highest BCUT2D eigenvalue weighted by Crippen LogP contribution is 2.21. The van der Waals surface area contributed by atoms with Gasteiger partial charge in [-0.15, -0.1) is 0 Å². The highest BCUT2D eigenvalue weighted by molar-refractivity contribution is 9.10. The Kier molecular flexibility index (Phi) is 7.82. The summed E-state index contributed by atoms with van der Waals surface area (Å²) in [5.41, 5.74) is 1.13. The Morgan fingerprint density at radius 2 is 2.00 bits per heavy atom. The molecule has 0 aromatic carbocycles. The largest absolute Gasteiger partial charge is 0.382 e. The normalized spacial score (nSPS) is 16.5. The number of hydrogen-bond donors (Lipinski definition) is 1. The Morgan fingerprint density at radius 3 is 2.68 bits per heavy atom. The van der Waals surface area contributed by atoms with E-state index in [9.17, 15) is 0 Å². The van der Waals surface area contributed by atoms with E-state index < -0.39 is 9.52 Å². The summed E-state index contributed by atoms with van der Waals surface area (Å²) in [7, 11) is -0.413. The third-order valence-corrected chi connectivity index (χ3v) is 7.23. The Bertz CT molecular complexity index is 467. The van der Waals surface area contributed by atoms with Crippen LogP contribution in [0.15, 0.2) is 4.47 Å². The third kappa shape index (κ3) is 5.32. The van der Waals surface area contributed by atoms with E-state index in [4.69, 9.17) is 14.7 Å². The first-order valence-corrected chi connectivity index (χ1v) is 11.1. The fraction of sp³-hybridized carbons (Fsp3) is 0.750. The SMILES string of the molecule is CCOCC[SiH2]c1nc(NC2CCCCC2)nc(CC)c1Br. The summed E-state index contributed by atoms with van der Waals surface area (Å²) in [5, 5.41) is 4.81. The number of hydrogen-bond acceptors (Lipinski definition) is 4. The van der Waals surface area contributed by atoms with Gasteiger partial charge in [0.05, 0.1) is 19.7 Å². The Balaban J connectivity index is 2.05. The van der Waals surface area contributed by atoms with E-state index >= 15 is 0 Å². The van der Waals surface area contributed by atoms with Crippen LogP contribution in [0.5, 0.6) is 0 Å². The average molecular weight is 386 g/mol. The second kappa shape index (κ2) is 9.63. The number of nitrogens with zero attached hydrogens (tertiary/aromatic N) is 2. The molecule has 1 saturated carbocycles. The lowest BCUT2D eigenvalue weighted by atomic mass is 9.96. The molecule has 1 aromatic rings. The molecule has 0 saturated heterocycles. The third-order valence-electron chi connectivity index (χ3n) is 4.17. The zero-order valence-corrected chi connectivity index (χ0v) is 16.8. The minimum atomic E-state index is -0.413. The number of rotatable bonds is 8. The molecule has 0 radical (unpaired) electrons. The van der Waals surface area contributed by atoms with Crippen LogP contribution >= 0.6 is 15.9 Å². The van der Waals surface area contributed by atoms with Crippen molar-refractivity contribution in [2.24, 2.45) is 0 Å². The van der Waals surface area contributed by atoms with Crippen molar-refractivity contribution in [1.29, 1.82) is 0 Å². The molecule has 1 aromatic heterocycles. The standard InChI is InChI=1S/C16H28BrN3OSi/c1-3-13-14(17)15(22-11-10-21-4-2)20-16(19-13)18-12-8-6-5-7-9-12/h12H,3-11,22H2,1-2H3,(H,18,19,20). The first kappa shape index (κ1) is 17.9. The van der Waals surface area contributed by atoms with Gasteiger partial charge in [-0.1, -0.05) is 26.2 Å². The number of nitrogens with one attached hydrogen (secondary N) is 1. The summed E-state index contributed by atoms with van der Waals surface area (Å²) in [6.07, 6.45) is 7.45. The van der Waals surface area contributed by atoms with Crippen LogP contribution in [0.2, 0.25) is 6.04 Å². The van der Waals surface area contributed by atoms with Gasteiger partial charge < -0.3 is 10.1 Å². The van der Waals surface area contributed by atoms with Crippen LogP contribution in [0, 0.1) is 0 Å². The first-order valence-electron chi connectivity index (χ1n) is 8.64. The summed E-state index contributed by atoms with van der Waals surface area (Å²) in [6, 6.07) is 1.69. The maximum absolute atomic E-state index is 5.46. The van der Waals surface area contributed by atoms with Gasteiger partial charge in [0.15, 0.2) is 0 Å². The van der Waals surface area contributed by atoms with Crippen molar-refractivity contribution < 1.29 is 4.74 Å². The van der Waals surface area contributed by atoms with Gasteiger partial charge in [0.25, 0.3) is 0 Å². The number of anilines is 1. The van der Waals surface area contributed by atoms with E-state index in [-0.39, 0.29) is 0 Å². The molecule has 0 bridgehead atoms. The monoisotopic (exact) mass is 385 g/mol. The van der Waals surface area contributed by atoms with Crippen molar-refractivity contribution in [2.45, 2.75) is 64.5 Å². The van der Waals surface area contributed by atoms with Crippen molar-refractivity contribution in [3.05, 3.63) is 10.2 Å². The second-order valence-corrected chi connectivity index (χ2v) is 8.56. The minimum absolute atomic E-state index is 0.413. The molecule has 0 atom stereocenters. The molecule has 1 aliphatic carbocycles. The maximum Gasteiger partial charge on any atom is 0.222 e. The van der Waals surface area contributed by atoms with Gasteiger partial charge in [-0.05, 0) is 48.2 Å². The summed E-state index contributed by atoms with van der Waals surface area (Å²) in [5.74, 6) is 0.839. The van der Waals surface area contributed by atoms with Crippen molar-refractivity contribution >= 4 is 36.7 Å². The lowest BCUT2D eigenvalue weighted by Gasteiger charge is -2.23. The molecular formula is C16H28BrN3OSi. The van der Waals surface area contributed by atoms with E-state index in [0.29, 0.717) is 6.04 Å². The van der Waals surface area contributed by atoms with Gasteiger partial charge in [0.1, 0.15) is 0 Å². The lowest BCUT2D eigenvalue weighted by Crippen LogP contribution is -2.29. The van der Waals surface area contributed by atoms with E-state index in [0.717, 1.165) is 41.8 Å².